The molecule has 11 heteroatoms. The molecule has 0 aromatic carbocycles. The SMILES string of the molecule is CC1(C)CCC(CN2CCN(CC(=O)Nc3nnc(N[C@@H]4CCN(c5cccnn5)C4)s3)CC2)CC1. The first-order chi connectivity index (χ1) is 17.4. The maximum atomic E-state index is 12.6. The Morgan fingerprint density at radius 3 is 2.53 bits per heavy atom. The Kier molecular flexibility index (Phi) is 7.97. The van der Waals surface area contributed by atoms with Gasteiger partial charge in [-0.1, -0.05) is 25.2 Å². The molecule has 0 unspecified atom stereocenters. The standard InChI is InChI=1S/C25H39N9OS/c1-25(2)8-5-19(6-9-25)16-32-12-14-33(15-13-32)18-22(35)28-24-31-30-23(36-24)27-20-7-11-34(17-20)21-4-3-10-26-29-21/h3-4,10,19-20H,5-9,11-18H2,1-2H3,(H,27,30)(H,28,31,35)/t20-/m1/s1. The molecular weight excluding hydrogens is 474 g/mol. The Morgan fingerprint density at radius 1 is 1.03 bits per heavy atom. The molecule has 1 saturated carbocycles. The van der Waals surface area contributed by atoms with Crippen LogP contribution in [0.25, 0.3) is 0 Å². The van der Waals surface area contributed by atoms with Crippen molar-refractivity contribution in [1.82, 2.24) is 30.2 Å². The van der Waals surface area contributed by atoms with Crippen LogP contribution in [-0.4, -0.2) is 94.5 Å². The summed E-state index contributed by atoms with van der Waals surface area (Å²) in [6.45, 7) is 12.2. The topological polar surface area (TPSA) is 102 Å². The number of rotatable bonds is 8. The number of nitrogens with zero attached hydrogens (tertiary/aromatic N) is 7. The van der Waals surface area contributed by atoms with Gasteiger partial charge in [-0.15, -0.1) is 15.3 Å². The number of nitrogens with one attached hydrogen (secondary N) is 2. The number of amides is 1. The fourth-order valence-electron chi connectivity index (χ4n) is 5.55. The summed E-state index contributed by atoms with van der Waals surface area (Å²) in [6.07, 6.45) is 8.09. The van der Waals surface area contributed by atoms with E-state index in [2.05, 4.69) is 59.6 Å². The van der Waals surface area contributed by atoms with E-state index in [1.54, 1.807) is 6.20 Å². The zero-order valence-corrected chi connectivity index (χ0v) is 22.3. The van der Waals surface area contributed by atoms with Gasteiger partial charge in [-0.05, 0) is 55.6 Å². The number of aromatic nitrogens is 4. The molecule has 2 N–H and O–H groups in total. The van der Waals surface area contributed by atoms with Crippen molar-refractivity contribution in [3.05, 3.63) is 18.3 Å². The predicted molar refractivity (Wildman–Crippen MR) is 143 cm³/mol. The van der Waals surface area contributed by atoms with Crippen molar-refractivity contribution in [3.8, 4) is 0 Å². The van der Waals surface area contributed by atoms with E-state index < -0.39 is 0 Å². The molecule has 0 spiro atoms. The zero-order valence-electron chi connectivity index (χ0n) is 21.5. The number of anilines is 3. The van der Waals surface area contributed by atoms with Gasteiger partial charge < -0.3 is 15.1 Å². The second kappa shape index (κ2) is 11.4. The van der Waals surface area contributed by atoms with Crippen LogP contribution in [-0.2, 0) is 4.79 Å². The maximum Gasteiger partial charge on any atom is 0.240 e. The summed E-state index contributed by atoms with van der Waals surface area (Å²) in [7, 11) is 0. The van der Waals surface area contributed by atoms with E-state index in [1.165, 1.54) is 43.6 Å². The van der Waals surface area contributed by atoms with Crippen molar-refractivity contribution >= 4 is 33.3 Å². The second-order valence-electron chi connectivity index (χ2n) is 11.3. The van der Waals surface area contributed by atoms with Crippen molar-refractivity contribution in [1.29, 1.82) is 0 Å². The van der Waals surface area contributed by atoms with E-state index in [0.29, 0.717) is 17.1 Å². The zero-order chi connectivity index (χ0) is 25.0. The minimum absolute atomic E-state index is 0.0182. The van der Waals surface area contributed by atoms with Crippen LogP contribution in [0.4, 0.5) is 16.1 Å². The van der Waals surface area contributed by atoms with Gasteiger partial charge >= 0.3 is 0 Å². The van der Waals surface area contributed by atoms with Crippen LogP contribution in [0.15, 0.2) is 18.3 Å². The number of carbonyl (C=O) groups excluding carboxylic acids is 1. The number of hydrogen-bond acceptors (Lipinski definition) is 10. The highest BCUT2D eigenvalue weighted by molar-refractivity contribution is 7.19. The molecule has 5 rings (SSSR count). The van der Waals surface area contributed by atoms with Gasteiger partial charge in [-0.2, -0.15) is 5.10 Å². The third-order valence-corrected chi connectivity index (χ3v) is 8.65. The van der Waals surface area contributed by atoms with E-state index in [0.717, 1.165) is 62.6 Å². The van der Waals surface area contributed by atoms with Crippen molar-refractivity contribution in [2.24, 2.45) is 11.3 Å². The molecule has 1 aliphatic carbocycles. The average Bonchev–Trinajstić information content (AvgIpc) is 3.52. The molecule has 2 aromatic heterocycles. The van der Waals surface area contributed by atoms with E-state index in [9.17, 15) is 4.79 Å². The van der Waals surface area contributed by atoms with Gasteiger partial charge in [0, 0.05) is 58.1 Å². The van der Waals surface area contributed by atoms with Crippen molar-refractivity contribution in [3.63, 3.8) is 0 Å². The lowest BCUT2D eigenvalue weighted by Gasteiger charge is -2.39. The van der Waals surface area contributed by atoms with Crippen LogP contribution >= 0.6 is 11.3 Å². The summed E-state index contributed by atoms with van der Waals surface area (Å²) in [6, 6.07) is 4.14. The van der Waals surface area contributed by atoms with Crippen LogP contribution < -0.4 is 15.5 Å². The Morgan fingerprint density at radius 2 is 1.78 bits per heavy atom. The summed E-state index contributed by atoms with van der Waals surface area (Å²) < 4.78 is 0. The first-order valence-corrected chi connectivity index (χ1v) is 14.1. The summed E-state index contributed by atoms with van der Waals surface area (Å²) in [5.74, 6) is 1.72. The molecule has 2 saturated heterocycles. The van der Waals surface area contributed by atoms with Gasteiger partial charge in [0.1, 0.15) is 0 Å². The highest BCUT2D eigenvalue weighted by atomic mass is 32.1. The molecule has 0 bridgehead atoms. The normalized spacial score (nSPS) is 23.6. The lowest BCUT2D eigenvalue weighted by molar-refractivity contribution is -0.117. The van der Waals surface area contributed by atoms with E-state index in [4.69, 9.17) is 0 Å². The first kappa shape index (κ1) is 25.3. The van der Waals surface area contributed by atoms with Gasteiger partial charge in [-0.3, -0.25) is 15.0 Å². The molecule has 3 aliphatic rings. The van der Waals surface area contributed by atoms with Crippen LogP contribution in [0, 0.1) is 11.3 Å². The first-order valence-electron chi connectivity index (χ1n) is 13.3. The van der Waals surface area contributed by atoms with Gasteiger partial charge in [-0.25, -0.2) is 0 Å². The second-order valence-corrected chi connectivity index (χ2v) is 12.3. The monoisotopic (exact) mass is 513 g/mol. The molecule has 1 atom stereocenters. The molecule has 1 amide bonds. The van der Waals surface area contributed by atoms with Crippen LogP contribution in [0.2, 0.25) is 0 Å². The van der Waals surface area contributed by atoms with E-state index >= 15 is 0 Å². The number of hydrogen-bond donors (Lipinski definition) is 2. The highest BCUT2D eigenvalue weighted by Gasteiger charge is 2.29. The van der Waals surface area contributed by atoms with E-state index in [1.807, 2.05) is 12.1 Å². The number of carbonyl (C=O) groups is 1. The summed E-state index contributed by atoms with van der Waals surface area (Å²) in [5, 5.41) is 24.2. The van der Waals surface area contributed by atoms with Gasteiger partial charge in [0.15, 0.2) is 5.82 Å². The van der Waals surface area contributed by atoms with Crippen molar-refractivity contribution in [2.45, 2.75) is 52.0 Å². The lowest BCUT2D eigenvalue weighted by atomic mass is 9.73. The molecule has 4 heterocycles. The van der Waals surface area contributed by atoms with Crippen LogP contribution in [0.3, 0.4) is 0 Å². The third kappa shape index (κ3) is 6.89. The third-order valence-electron chi connectivity index (χ3n) is 7.88. The van der Waals surface area contributed by atoms with E-state index in [-0.39, 0.29) is 11.9 Å². The quantitative estimate of drug-likeness (QED) is 0.552. The molecule has 0 radical (unpaired) electrons. The molecule has 196 valence electrons. The smallest absolute Gasteiger partial charge is 0.240 e. The van der Waals surface area contributed by atoms with Crippen molar-refractivity contribution < 1.29 is 4.79 Å². The van der Waals surface area contributed by atoms with Crippen LogP contribution in [0.1, 0.15) is 46.0 Å². The van der Waals surface area contributed by atoms with Crippen LogP contribution in [0.5, 0.6) is 0 Å². The maximum absolute atomic E-state index is 12.6. The molecule has 2 aliphatic heterocycles. The minimum Gasteiger partial charge on any atom is -0.355 e. The summed E-state index contributed by atoms with van der Waals surface area (Å²) >= 11 is 1.39. The molecule has 2 aromatic rings. The van der Waals surface area contributed by atoms with Gasteiger partial charge in [0.2, 0.25) is 16.2 Å². The Balaban J connectivity index is 1.00. The molecular formula is C25H39N9OS. The van der Waals surface area contributed by atoms with Crippen molar-refractivity contribution in [2.75, 3.05) is 67.9 Å². The minimum atomic E-state index is -0.0182. The summed E-state index contributed by atoms with van der Waals surface area (Å²) in [4.78, 5) is 19.7. The highest BCUT2D eigenvalue weighted by Crippen LogP contribution is 2.38. The fraction of sp³-hybridized carbons (Fsp3) is 0.720. The fourth-order valence-corrected chi connectivity index (χ4v) is 6.29. The Labute approximate surface area is 217 Å². The Bertz CT molecular complexity index is 982. The van der Waals surface area contributed by atoms with Gasteiger partial charge in [0.25, 0.3) is 0 Å². The summed E-state index contributed by atoms with van der Waals surface area (Å²) in [5.41, 5.74) is 0.530. The average molecular weight is 514 g/mol. The van der Waals surface area contributed by atoms with Gasteiger partial charge in [0.05, 0.1) is 6.54 Å². The molecule has 10 nitrogen and oxygen atoms in total. The largest absolute Gasteiger partial charge is 0.355 e. The molecule has 36 heavy (non-hydrogen) atoms. The number of piperazine rings is 1. The lowest BCUT2D eigenvalue weighted by Crippen LogP contribution is -2.49. The predicted octanol–water partition coefficient (Wildman–Crippen LogP) is 2.79. The molecule has 3 fully saturated rings. The Hall–Kier alpha value is -2.37.